The second-order valence-corrected chi connectivity index (χ2v) is 1.45. The molecular formula is C6H11O2. The smallest absolute Gasteiger partial charge is 0.0825 e. The Kier molecular flexibility index (Phi) is 6.09. The molecule has 2 heteroatoms. The van der Waals surface area contributed by atoms with Crippen LogP contribution >= 0.6 is 0 Å². The summed E-state index contributed by atoms with van der Waals surface area (Å²) >= 11 is 0. The van der Waals surface area contributed by atoms with E-state index in [1.165, 1.54) is 0 Å². The lowest BCUT2D eigenvalue weighted by molar-refractivity contribution is 0.190. The molecule has 0 aliphatic carbocycles. The molecule has 0 aromatic rings. The second-order valence-electron chi connectivity index (χ2n) is 1.45. The predicted octanol–water partition coefficient (Wildman–Crippen LogP) is 1.36. The van der Waals surface area contributed by atoms with Crippen LogP contribution in [0.2, 0.25) is 0 Å². The molecule has 0 saturated heterocycles. The summed E-state index contributed by atoms with van der Waals surface area (Å²) in [4.78, 5) is 0. The average Bonchev–Trinajstić information content (AvgIpc) is 1.81. The molecule has 0 heterocycles. The Bertz CT molecular complexity index is 59.5. The number of ether oxygens (including phenoxy) is 1. The third kappa shape index (κ3) is 5.50. The summed E-state index contributed by atoms with van der Waals surface area (Å²) in [6.45, 7) is 0.00799. The fourth-order valence-electron chi connectivity index (χ4n) is 0.365. The molecule has 47 valence electrons. The minimum atomic E-state index is 0.00799. The number of hydrogen-bond acceptors (Lipinski definition) is 1. The van der Waals surface area contributed by atoms with Gasteiger partial charge in [0.05, 0.1) is 20.0 Å². The minimum Gasteiger partial charge on any atom is -0.505 e. The Balaban J connectivity index is 2.80. The van der Waals surface area contributed by atoms with E-state index in [4.69, 9.17) is 0 Å². The Morgan fingerprint density at radius 2 is 2.38 bits per heavy atom. The van der Waals surface area contributed by atoms with Crippen LogP contribution in [0, 0.1) is 0 Å². The van der Waals surface area contributed by atoms with Crippen LogP contribution in [0.15, 0.2) is 12.3 Å². The number of rotatable bonds is 4. The fraction of sp³-hybridized carbons (Fsp3) is 0.667. The average molecular weight is 115 g/mol. The number of unbranched alkanes of at least 4 members (excludes halogenated alkanes) is 1. The highest BCUT2D eigenvalue weighted by atomic mass is 16.5. The summed E-state index contributed by atoms with van der Waals surface area (Å²) in [5.41, 5.74) is 0. The molecule has 0 N–H and O–H groups in total. The first-order valence-electron chi connectivity index (χ1n) is 2.67. The minimum absolute atomic E-state index is 0.00799. The Morgan fingerprint density at radius 1 is 1.62 bits per heavy atom. The zero-order chi connectivity index (χ0) is 6.24. The molecule has 0 unspecified atom stereocenters. The molecule has 0 spiro atoms. The van der Waals surface area contributed by atoms with Crippen LogP contribution < -0.4 is 0 Å². The van der Waals surface area contributed by atoms with Gasteiger partial charge in [0.1, 0.15) is 0 Å². The predicted molar refractivity (Wildman–Crippen MR) is 30.9 cm³/mol. The van der Waals surface area contributed by atoms with Crippen LogP contribution in [-0.4, -0.2) is 13.7 Å². The van der Waals surface area contributed by atoms with Gasteiger partial charge in [-0.25, -0.2) is 5.11 Å². The van der Waals surface area contributed by atoms with E-state index in [-0.39, 0.29) is 6.61 Å². The van der Waals surface area contributed by atoms with Crippen LogP contribution in [0.1, 0.15) is 12.8 Å². The van der Waals surface area contributed by atoms with Gasteiger partial charge in [-0.1, -0.05) is 0 Å². The van der Waals surface area contributed by atoms with Crippen molar-refractivity contribution in [1.82, 2.24) is 0 Å². The molecule has 0 bridgehead atoms. The molecule has 2 nitrogen and oxygen atoms in total. The lowest BCUT2D eigenvalue weighted by atomic mass is 10.3. The van der Waals surface area contributed by atoms with Crippen molar-refractivity contribution in [2.24, 2.45) is 0 Å². The zero-order valence-corrected chi connectivity index (χ0v) is 5.09. The summed E-state index contributed by atoms with van der Waals surface area (Å²) < 4.78 is 4.61. The maximum absolute atomic E-state index is 9.82. The lowest BCUT2D eigenvalue weighted by Crippen LogP contribution is -1.76. The molecule has 0 rings (SSSR count). The molecule has 0 fully saturated rings. The van der Waals surface area contributed by atoms with Crippen molar-refractivity contribution in [2.75, 3.05) is 13.7 Å². The molecule has 0 aliphatic heterocycles. The third-order valence-corrected chi connectivity index (χ3v) is 0.747. The van der Waals surface area contributed by atoms with Gasteiger partial charge in [0.25, 0.3) is 0 Å². The van der Waals surface area contributed by atoms with Gasteiger partial charge in [0, 0.05) is 0 Å². The summed E-state index contributed by atoms with van der Waals surface area (Å²) in [5, 5.41) is 9.82. The molecule has 0 aromatic carbocycles. The van der Waals surface area contributed by atoms with Crippen molar-refractivity contribution in [3.8, 4) is 0 Å². The molecule has 0 amide bonds. The van der Waals surface area contributed by atoms with E-state index < -0.39 is 0 Å². The molecule has 1 radical (unpaired) electrons. The van der Waals surface area contributed by atoms with Gasteiger partial charge in [-0.3, -0.25) is 0 Å². The largest absolute Gasteiger partial charge is 0.505 e. The highest BCUT2D eigenvalue weighted by Crippen LogP contribution is 1.88. The van der Waals surface area contributed by atoms with Gasteiger partial charge in [-0.15, -0.1) is 0 Å². The maximum Gasteiger partial charge on any atom is 0.0825 e. The highest BCUT2D eigenvalue weighted by Gasteiger charge is 1.77. The first-order valence-corrected chi connectivity index (χ1v) is 2.67. The Morgan fingerprint density at radius 3 is 2.88 bits per heavy atom. The van der Waals surface area contributed by atoms with Gasteiger partial charge < -0.3 is 4.74 Å². The SMILES string of the molecule is CO/C=C/CCC[O]. The standard InChI is InChI=1S/C6H11O2/c1-8-6-4-2-3-5-7/h4,6H,2-3,5H2,1H3/b6-4+. The first-order chi connectivity index (χ1) is 3.91. The fourth-order valence-corrected chi connectivity index (χ4v) is 0.365. The molecule has 0 aromatic heterocycles. The van der Waals surface area contributed by atoms with Gasteiger partial charge in [0.15, 0.2) is 0 Å². The normalized spacial score (nSPS) is 10.2. The molecule has 0 aliphatic rings. The van der Waals surface area contributed by atoms with Crippen molar-refractivity contribution in [3.05, 3.63) is 12.3 Å². The van der Waals surface area contributed by atoms with E-state index in [9.17, 15) is 5.11 Å². The first kappa shape index (κ1) is 7.50. The second kappa shape index (κ2) is 6.50. The number of hydrogen-bond donors (Lipinski definition) is 0. The van der Waals surface area contributed by atoms with Crippen LogP contribution in [0.3, 0.4) is 0 Å². The lowest BCUT2D eigenvalue weighted by Gasteiger charge is -1.85. The summed E-state index contributed by atoms with van der Waals surface area (Å²) in [6, 6.07) is 0. The van der Waals surface area contributed by atoms with Crippen molar-refractivity contribution in [2.45, 2.75) is 12.8 Å². The van der Waals surface area contributed by atoms with Gasteiger partial charge in [-0.2, -0.15) is 0 Å². The van der Waals surface area contributed by atoms with Gasteiger partial charge >= 0.3 is 0 Å². The third-order valence-electron chi connectivity index (χ3n) is 0.747. The zero-order valence-electron chi connectivity index (χ0n) is 5.09. The summed E-state index contributed by atoms with van der Waals surface area (Å²) in [6.07, 6.45) is 4.98. The number of methoxy groups -OCH3 is 1. The van der Waals surface area contributed by atoms with Crippen molar-refractivity contribution >= 4 is 0 Å². The van der Waals surface area contributed by atoms with E-state index in [2.05, 4.69) is 4.74 Å². The number of allylic oxidation sites excluding steroid dienone is 1. The summed E-state index contributed by atoms with van der Waals surface area (Å²) in [7, 11) is 1.59. The topological polar surface area (TPSA) is 29.1 Å². The van der Waals surface area contributed by atoms with Crippen LogP contribution in [0.4, 0.5) is 0 Å². The van der Waals surface area contributed by atoms with Gasteiger partial charge in [-0.05, 0) is 18.9 Å². The Hall–Kier alpha value is -0.500. The monoisotopic (exact) mass is 115 g/mol. The molecule has 0 saturated carbocycles. The van der Waals surface area contributed by atoms with Crippen molar-refractivity contribution in [3.63, 3.8) is 0 Å². The van der Waals surface area contributed by atoms with E-state index >= 15 is 0 Å². The molecule has 8 heavy (non-hydrogen) atoms. The Labute approximate surface area is 49.8 Å². The highest BCUT2D eigenvalue weighted by molar-refractivity contribution is 4.71. The molecule has 0 atom stereocenters. The summed E-state index contributed by atoms with van der Waals surface area (Å²) in [5.74, 6) is 0. The quantitative estimate of drug-likeness (QED) is 0.401. The van der Waals surface area contributed by atoms with Crippen LogP contribution in [0.25, 0.3) is 0 Å². The van der Waals surface area contributed by atoms with Crippen molar-refractivity contribution in [1.29, 1.82) is 0 Å². The molecular weight excluding hydrogens is 104 g/mol. The maximum atomic E-state index is 9.82. The van der Waals surface area contributed by atoms with Crippen molar-refractivity contribution < 1.29 is 9.84 Å². The van der Waals surface area contributed by atoms with Crippen LogP contribution in [0.5, 0.6) is 0 Å². The van der Waals surface area contributed by atoms with Crippen LogP contribution in [-0.2, 0) is 9.84 Å². The van der Waals surface area contributed by atoms with E-state index in [1.807, 2.05) is 6.08 Å². The van der Waals surface area contributed by atoms with E-state index in [0.29, 0.717) is 6.42 Å². The van der Waals surface area contributed by atoms with E-state index in [1.54, 1.807) is 13.4 Å². The van der Waals surface area contributed by atoms with Gasteiger partial charge in [0.2, 0.25) is 0 Å². The van der Waals surface area contributed by atoms with E-state index in [0.717, 1.165) is 6.42 Å².